The predicted octanol–water partition coefficient (Wildman–Crippen LogP) is 1.92. The first-order valence-corrected chi connectivity index (χ1v) is 5.17. The molecule has 0 amide bonds. The maximum Gasteiger partial charge on any atom is 0.131 e. The summed E-state index contributed by atoms with van der Waals surface area (Å²) in [5.74, 6) is 0.500. The van der Waals surface area contributed by atoms with Crippen molar-refractivity contribution < 1.29 is 5.11 Å². The van der Waals surface area contributed by atoms with Crippen molar-refractivity contribution in [1.29, 1.82) is 0 Å². The zero-order valence-electron chi connectivity index (χ0n) is 7.78. The number of pyridine rings is 1. The van der Waals surface area contributed by atoms with E-state index in [0.717, 1.165) is 18.5 Å². The van der Waals surface area contributed by atoms with Crippen molar-refractivity contribution >= 4 is 17.3 Å². The normalized spacial score (nSPS) is 17.9. The zero-order chi connectivity index (χ0) is 9.97. The summed E-state index contributed by atoms with van der Waals surface area (Å²) in [5.41, 5.74) is 0.907. The molecule has 1 saturated carbocycles. The molecular formula is C10H13ClN2O. The molecule has 1 atom stereocenters. The van der Waals surface area contributed by atoms with E-state index in [2.05, 4.69) is 10.3 Å². The van der Waals surface area contributed by atoms with Crippen molar-refractivity contribution in [3.05, 3.63) is 23.5 Å². The van der Waals surface area contributed by atoms with Gasteiger partial charge in [-0.1, -0.05) is 11.6 Å². The number of nitrogens with zero attached hydrogens (tertiary/aromatic N) is 1. The number of halogens is 1. The third-order valence-corrected chi connectivity index (χ3v) is 2.61. The van der Waals surface area contributed by atoms with Crippen LogP contribution in [0.3, 0.4) is 0 Å². The number of nitrogens with one attached hydrogen (secondary N) is 1. The molecule has 3 nitrogen and oxygen atoms in total. The summed E-state index contributed by atoms with van der Waals surface area (Å²) in [5, 5.41) is 13.2. The molecule has 1 aromatic rings. The van der Waals surface area contributed by atoms with E-state index in [9.17, 15) is 5.11 Å². The van der Waals surface area contributed by atoms with Gasteiger partial charge in [0.25, 0.3) is 0 Å². The average Bonchev–Trinajstić information content (AvgIpc) is 2.97. The van der Waals surface area contributed by atoms with Crippen LogP contribution in [0.15, 0.2) is 18.3 Å². The minimum Gasteiger partial charge on any atom is -0.391 e. The van der Waals surface area contributed by atoms with Gasteiger partial charge in [-0.3, -0.25) is 0 Å². The summed E-state index contributed by atoms with van der Waals surface area (Å²) in [6, 6.07) is 3.59. The Morgan fingerprint density at radius 1 is 1.64 bits per heavy atom. The second-order valence-corrected chi connectivity index (χ2v) is 4.04. The highest BCUT2D eigenvalue weighted by Gasteiger charge is 2.29. The van der Waals surface area contributed by atoms with Gasteiger partial charge < -0.3 is 10.4 Å². The molecule has 1 aliphatic carbocycles. The Labute approximate surface area is 88.1 Å². The SMILES string of the molecule is OC(CNc1ccnc(Cl)c1)C1CC1. The highest BCUT2D eigenvalue weighted by molar-refractivity contribution is 6.29. The summed E-state index contributed by atoms with van der Waals surface area (Å²) in [6.07, 6.45) is 3.72. The van der Waals surface area contributed by atoms with E-state index >= 15 is 0 Å². The van der Waals surface area contributed by atoms with Gasteiger partial charge in [-0.2, -0.15) is 0 Å². The predicted molar refractivity (Wildman–Crippen MR) is 56.5 cm³/mol. The topological polar surface area (TPSA) is 45.1 Å². The molecule has 0 aliphatic heterocycles. The third-order valence-electron chi connectivity index (χ3n) is 2.41. The first-order valence-electron chi connectivity index (χ1n) is 4.79. The first kappa shape index (κ1) is 9.74. The molecule has 14 heavy (non-hydrogen) atoms. The fraction of sp³-hybridized carbons (Fsp3) is 0.500. The molecule has 76 valence electrons. The molecule has 1 heterocycles. The van der Waals surface area contributed by atoms with Crippen LogP contribution in [0, 0.1) is 5.92 Å². The van der Waals surface area contributed by atoms with Crippen molar-refractivity contribution in [3.8, 4) is 0 Å². The third kappa shape index (κ3) is 2.59. The smallest absolute Gasteiger partial charge is 0.131 e. The quantitative estimate of drug-likeness (QED) is 0.750. The molecule has 2 rings (SSSR count). The van der Waals surface area contributed by atoms with Crippen LogP contribution in [0.4, 0.5) is 5.69 Å². The van der Waals surface area contributed by atoms with Crippen molar-refractivity contribution in [2.45, 2.75) is 18.9 Å². The maximum absolute atomic E-state index is 9.61. The van der Waals surface area contributed by atoms with E-state index in [1.165, 1.54) is 0 Å². The van der Waals surface area contributed by atoms with Gasteiger partial charge in [0.2, 0.25) is 0 Å². The summed E-state index contributed by atoms with van der Waals surface area (Å²) < 4.78 is 0. The summed E-state index contributed by atoms with van der Waals surface area (Å²) in [6.45, 7) is 0.588. The van der Waals surface area contributed by atoms with E-state index in [0.29, 0.717) is 17.6 Å². The van der Waals surface area contributed by atoms with Crippen LogP contribution >= 0.6 is 11.6 Å². The van der Waals surface area contributed by atoms with Crippen LogP contribution in [-0.2, 0) is 0 Å². The Morgan fingerprint density at radius 3 is 3.07 bits per heavy atom. The molecule has 4 heteroatoms. The number of aromatic nitrogens is 1. The Hall–Kier alpha value is -0.800. The molecule has 1 fully saturated rings. The van der Waals surface area contributed by atoms with Gasteiger partial charge in [-0.05, 0) is 30.9 Å². The number of hydrogen-bond donors (Lipinski definition) is 2. The van der Waals surface area contributed by atoms with E-state index in [1.807, 2.05) is 6.07 Å². The van der Waals surface area contributed by atoms with E-state index in [1.54, 1.807) is 12.3 Å². The molecule has 1 unspecified atom stereocenters. The highest BCUT2D eigenvalue weighted by atomic mass is 35.5. The molecule has 0 saturated heterocycles. The lowest BCUT2D eigenvalue weighted by atomic mass is 10.2. The zero-order valence-corrected chi connectivity index (χ0v) is 8.54. The summed E-state index contributed by atoms with van der Waals surface area (Å²) in [7, 11) is 0. The van der Waals surface area contributed by atoms with Crippen LogP contribution in [0.2, 0.25) is 5.15 Å². The second kappa shape index (κ2) is 4.15. The monoisotopic (exact) mass is 212 g/mol. The Balaban J connectivity index is 1.84. The molecule has 0 aromatic carbocycles. The molecule has 1 aromatic heterocycles. The molecule has 0 radical (unpaired) electrons. The fourth-order valence-electron chi connectivity index (χ4n) is 1.38. The van der Waals surface area contributed by atoms with Gasteiger partial charge in [0.05, 0.1) is 6.10 Å². The van der Waals surface area contributed by atoms with Crippen molar-refractivity contribution in [2.24, 2.45) is 5.92 Å². The Bertz CT molecular complexity index is 315. The lowest BCUT2D eigenvalue weighted by Gasteiger charge is -2.11. The molecule has 0 bridgehead atoms. The second-order valence-electron chi connectivity index (χ2n) is 3.65. The van der Waals surface area contributed by atoms with Gasteiger partial charge in [-0.25, -0.2) is 4.98 Å². The Kier molecular flexibility index (Phi) is 2.89. The van der Waals surface area contributed by atoms with E-state index < -0.39 is 0 Å². The fourth-order valence-corrected chi connectivity index (χ4v) is 1.56. The van der Waals surface area contributed by atoms with Gasteiger partial charge in [0, 0.05) is 18.4 Å². The minimum atomic E-state index is -0.234. The largest absolute Gasteiger partial charge is 0.391 e. The number of anilines is 1. The number of aliphatic hydroxyl groups is 1. The number of aliphatic hydroxyl groups excluding tert-OH is 1. The molecule has 0 spiro atoms. The number of hydrogen-bond acceptors (Lipinski definition) is 3. The minimum absolute atomic E-state index is 0.234. The molecule has 1 aliphatic rings. The van der Waals surface area contributed by atoms with Crippen LogP contribution in [0.1, 0.15) is 12.8 Å². The lowest BCUT2D eigenvalue weighted by Crippen LogP contribution is -2.21. The molecular weight excluding hydrogens is 200 g/mol. The average molecular weight is 213 g/mol. The van der Waals surface area contributed by atoms with E-state index in [4.69, 9.17) is 11.6 Å². The summed E-state index contributed by atoms with van der Waals surface area (Å²) in [4.78, 5) is 3.88. The number of rotatable bonds is 4. The van der Waals surface area contributed by atoms with Gasteiger partial charge in [0.15, 0.2) is 0 Å². The Morgan fingerprint density at radius 2 is 2.43 bits per heavy atom. The van der Waals surface area contributed by atoms with Gasteiger partial charge in [-0.15, -0.1) is 0 Å². The van der Waals surface area contributed by atoms with Crippen molar-refractivity contribution in [3.63, 3.8) is 0 Å². The van der Waals surface area contributed by atoms with E-state index in [-0.39, 0.29) is 6.10 Å². The van der Waals surface area contributed by atoms with Crippen LogP contribution in [-0.4, -0.2) is 22.7 Å². The standard InChI is InChI=1S/C10H13ClN2O/c11-10-5-8(3-4-12-10)13-6-9(14)7-1-2-7/h3-5,7,9,14H,1-2,6H2,(H,12,13). The van der Waals surface area contributed by atoms with Crippen molar-refractivity contribution in [1.82, 2.24) is 4.98 Å². The maximum atomic E-state index is 9.61. The lowest BCUT2D eigenvalue weighted by molar-refractivity contribution is 0.164. The first-order chi connectivity index (χ1) is 6.75. The van der Waals surface area contributed by atoms with Gasteiger partial charge >= 0.3 is 0 Å². The van der Waals surface area contributed by atoms with Crippen LogP contribution < -0.4 is 5.32 Å². The highest BCUT2D eigenvalue weighted by Crippen LogP contribution is 2.32. The van der Waals surface area contributed by atoms with Crippen LogP contribution in [0.5, 0.6) is 0 Å². The summed E-state index contributed by atoms with van der Waals surface area (Å²) >= 11 is 5.72. The van der Waals surface area contributed by atoms with Crippen LogP contribution in [0.25, 0.3) is 0 Å². The van der Waals surface area contributed by atoms with Crippen molar-refractivity contribution in [2.75, 3.05) is 11.9 Å². The molecule has 2 N–H and O–H groups in total. The van der Waals surface area contributed by atoms with Gasteiger partial charge in [0.1, 0.15) is 5.15 Å².